The zero-order chi connectivity index (χ0) is 13.4. The van der Waals surface area contributed by atoms with Gasteiger partial charge >= 0.3 is 0 Å². The van der Waals surface area contributed by atoms with Gasteiger partial charge in [-0.25, -0.2) is 0 Å². The van der Waals surface area contributed by atoms with Crippen LogP contribution >= 0.6 is 11.8 Å². The third kappa shape index (κ3) is 2.55. The van der Waals surface area contributed by atoms with E-state index in [0.717, 1.165) is 24.0 Å². The highest BCUT2D eigenvalue weighted by Gasteiger charge is 2.45. The quantitative estimate of drug-likeness (QED) is 0.772. The molecule has 3 atom stereocenters. The highest BCUT2D eigenvalue weighted by molar-refractivity contribution is 7.99. The minimum Gasteiger partial charge on any atom is -0.298 e. The summed E-state index contributed by atoms with van der Waals surface area (Å²) in [4.78, 5) is 5.85. The average molecular weight is 295 g/mol. The van der Waals surface area contributed by atoms with Crippen molar-refractivity contribution in [2.24, 2.45) is 5.92 Å². The second kappa shape index (κ2) is 6.18. The third-order valence-electron chi connectivity index (χ3n) is 6.34. The first-order valence-corrected chi connectivity index (χ1v) is 10.2. The lowest BCUT2D eigenvalue weighted by molar-refractivity contribution is -0.0185. The molecular weight excluding hydrogens is 264 g/mol. The van der Waals surface area contributed by atoms with Crippen LogP contribution in [0.4, 0.5) is 0 Å². The Kier molecular flexibility index (Phi) is 4.29. The highest BCUT2D eigenvalue weighted by Crippen LogP contribution is 2.39. The molecule has 3 saturated heterocycles. The molecule has 0 bridgehead atoms. The van der Waals surface area contributed by atoms with E-state index in [0.29, 0.717) is 0 Å². The van der Waals surface area contributed by atoms with Crippen LogP contribution < -0.4 is 0 Å². The number of rotatable bonds is 2. The molecule has 3 heteroatoms. The number of hydrogen-bond donors (Lipinski definition) is 0. The van der Waals surface area contributed by atoms with Gasteiger partial charge in [0.2, 0.25) is 0 Å². The third-order valence-corrected chi connectivity index (χ3v) is 7.49. The van der Waals surface area contributed by atoms with Crippen molar-refractivity contribution < 1.29 is 0 Å². The maximum atomic E-state index is 3.00. The molecule has 0 radical (unpaired) electrons. The summed E-state index contributed by atoms with van der Waals surface area (Å²) in [5.41, 5.74) is 0. The number of thioether (sulfide) groups is 1. The van der Waals surface area contributed by atoms with Gasteiger partial charge in [0.05, 0.1) is 0 Å². The summed E-state index contributed by atoms with van der Waals surface area (Å²) in [5.74, 6) is 3.84. The summed E-state index contributed by atoms with van der Waals surface area (Å²) in [6.45, 7) is 4.11. The van der Waals surface area contributed by atoms with Crippen molar-refractivity contribution in [2.45, 2.75) is 69.5 Å². The van der Waals surface area contributed by atoms with Crippen LogP contribution in [0.5, 0.6) is 0 Å². The van der Waals surface area contributed by atoms with E-state index in [-0.39, 0.29) is 0 Å². The fraction of sp³-hybridized carbons (Fsp3) is 1.00. The van der Waals surface area contributed by atoms with E-state index < -0.39 is 0 Å². The molecule has 0 aromatic rings. The van der Waals surface area contributed by atoms with Crippen LogP contribution in [-0.2, 0) is 0 Å². The second-order valence-electron chi connectivity index (χ2n) is 7.39. The molecule has 4 rings (SSSR count). The predicted octanol–water partition coefficient (Wildman–Crippen LogP) is 3.22. The summed E-state index contributed by atoms with van der Waals surface area (Å²) < 4.78 is 0. The Labute approximate surface area is 128 Å². The zero-order valence-electron chi connectivity index (χ0n) is 12.8. The van der Waals surface area contributed by atoms with Gasteiger partial charge in [0.15, 0.2) is 0 Å². The van der Waals surface area contributed by atoms with Gasteiger partial charge < -0.3 is 0 Å². The molecule has 3 heterocycles. The van der Waals surface area contributed by atoms with Crippen molar-refractivity contribution in [3.05, 3.63) is 0 Å². The van der Waals surface area contributed by atoms with E-state index in [1.165, 1.54) is 82.5 Å². The first kappa shape index (κ1) is 13.9. The monoisotopic (exact) mass is 294 g/mol. The Balaban J connectivity index is 1.55. The van der Waals surface area contributed by atoms with Gasteiger partial charge in [-0.2, -0.15) is 11.8 Å². The molecule has 3 aliphatic heterocycles. The molecule has 4 fully saturated rings. The predicted molar refractivity (Wildman–Crippen MR) is 87.4 cm³/mol. The minimum atomic E-state index is 0.912. The minimum absolute atomic E-state index is 0.912. The number of nitrogens with zero attached hydrogens (tertiary/aromatic N) is 2. The Morgan fingerprint density at radius 1 is 0.800 bits per heavy atom. The van der Waals surface area contributed by atoms with Crippen LogP contribution in [0.15, 0.2) is 0 Å². The van der Waals surface area contributed by atoms with Crippen molar-refractivity contribution in [1.29, 1.82) is 0 Å². The highest BCUT2D eigenvalue weighted by atomic mass is 32.2. The summed E-state index contributed by atoms with van der Waals surface area (Å²) >= 11 is 2.19. The van der Waals surface area contributed by atoms with Crippen molar-refractivity contribution in [3.8, 4) is 0 Å². The SMILES string of the molecule is C1CCC([C@H]2[C@@H]3CCCN3CCN2[C@@H]2CCSC2)CC1. The van der Waals surface area contributed by atoms with E-state index in [1.54, 1.807) is 0 Å². The Morgan fingerprint density at radius 3 is 2.50 bits per heavy atom. The van der Waals surface area contributed by atoms with Crippen molar-refractivity contribution in [2.75, 3.05) is 31.1 Å². The topological polar surface area (TPSA) is 6.48 Å². The van der Waals surface area contributed by atoms with Crippen LogP contribution in [-0.4, -0.2) is 59.1 Å². The van der Waals surface area contributed by atoms with Crippen molar-refractivity contribution in [1.82, 2.24) is 9.80 Å². The summed E-state index contributed by atoms with van der Waals surface area (Å²) in [7, 11) is 0. The van der Waals surface area contributed by atoms with Gasteiger partial charge in [-0.05, 0) is 50.3 Å². The maximum Gasteiger partial charge on any atom is 0.0283 e. The molecule has 0 N–H and O–H groups in total. The Hall–Kier alpha value is 0.270. The van der Waals surface area contributed by atoms with E-state index in [1.807, 2.05) is 0 Å². The largest absolute Gasteiger partial charge is 0.298 e. The molecule has 1 saturated carbocycles. The van der Waals surface area contributed by atoms with Gasteiger partial charge in [0, 0.05) is 37.0 Å². The lowest BCUT2D eigenvalue weighted by atomic mass is 9.78. The summed E-state index contributed by atoms with van der Waals surface area (Å²) in [5, 5.41) is 0. The molecule has 2 nitrogen and oxygen atoms in total. The lowest BCUT2D eigenvalue weighted by Crippen LogP contribution is -2.62. The van der Waals surface area contributed by atoms with Crippen LogP contribution in [0.3, 0.4) is 0 Å². The van der Waals surface area contributed by atoms with Crippen molar-refractivity contribution >= 4 is 11.8 Å². The Bertz CT molecular complexity index is 323. The van der Waals surface area contributed by atoms with Gasteiger partial charge in [-0.3, -0.25) is 9.80 Å². The van der Waals surface area contributed by atoms with Crippen LogP contribution in [0.1, 0.15) is 51.4 Å². The van der Waals surface area contributed by atoms with E-state index in [4.69, 9.17) is 0 Å². The molecule has 20 heavy (non-hydrogen) atoms. The summed E-state index contributed by atoms with van der Waals surface area (Å²) in [6, 6.07) is 2.74. The normalized spacial score (nSPS) is 41.1. The van der Waals surface area contributed by atoms with Crippen LogP contribution in [0, 0.1) is 5.92 Å². The number of piperazine rings is 1. The maximum absolute atomic E-state index is 3.00. The van der Waals surface area contributed by atoms with Gasteiger partial charge in [-0.15, -0.1) is 0 Å². The molecule has 114 valence electrons. The molecular formula is C17H30N2S. The molecule has 0 unspecified atom stereocenters. The molecule has 0 amide bonds. The number of fused-ring (bicyclic) bond motifs is 1. The van der Waals surface area contributed by atoms with Crippen molar-refractivity contribution in [3.63, 3.8) is 0 Å². The van der Waals surface area contributed by atoms with Crippen LogP contribution in [0.25, 0.3) is 0 Å². The van der Waals surface area contributed by atoms with Gasteiger partial charge in [0.25, 0.3) is 0 Å². The molecule has 0 spiro atoms. The molecule has 1 aliphatic carbocycles. The Morgan fingerprint density at radius 2 is 1.70 bits per heavy atom. The molecule has 0 aromatic carbocycles. The fourth-order valence-electron chi connectivity index (χ4n) is 5.40. The second-order valence-corrected chi connectivity index (χ2v) is 8.54. The van der Waals surface area contributed by atoms with Gasteiger partial charge in [-0.1, -0.05) is 19.3 Å². The first-order chi connectivity index (χ1) is 9.93. The standard InChI is InChI=1S/C17H30N2S/c1-2-5-14(6-3-1)17-16-7-4-9-18(16)10-11-19(17)15-8-12-20-13-15/h14-17H,1-13H2/t15-,16+,17+/m1/s1. The van der Waals surface area contributed by atoms with Gasteiger partial charge in [0.1, 0.15) is 0 Å². The summed E-state index contributed by atoms with van der Waals surface area (Å²) in [6.07, 6.45) is 11.9. The smallest absolute Gasteiger partial charge is 0.0283 e. The van der Waals surface area contributed by atoms with E-state index in [9.17, 15) is 0 Å². The van der Waals surface area contributed by atoms with Crippen LogP contribution in [0.2, 0.25) is 0 Å². The first-order valence-electron chi connectivity index (χ1n) is 9.01. The number of hydrogen-bond acceptors (Lipinski definition) is 3. The zero-order valence-corrected chi connectivity index (χ0v) is 13.6. The van der Waals surface area contributed by atoms with E-state index >= 15 is 0 Å². The molecule has 0 aromatic heterocycles. The fourth-order valence-corrected chi connectivity index (χ4v) is 6.64. The lowest BCUT2D eigenvalue weighted by Gasteiger charge is -2.51. The molecule has 4 aliphatic rings. The average Bonchev–Trinajstić information content (AvgIpc) is 3.18. The van der Waals surface area contributed by atoms with E-state index in [2.05, 4.69) is 21.6 Å².